The lowest BCUT2D eigenvalue weighted by atomic mass is 9.70. The molecule has 28 heavy (non-hydrogen) atoms. The molecule has 1 aliphatic heterocycles. The highest BCUT2D eigenvalue weighted by Crippen LogP contribution is 2.51. The lowest BCUT2D eigenvalue weighted by molar-refractivity contribution is -0.136. The molecule has 0 bridgehead atoms. The zero-order valence-corrected chi connectivity index (χ0v) is 15.4. The van der Waals surface area contributed by atoms with Crippen LogP contribution in [0.2, 0.25) is 0 Å². The number of nitrogens with one attached hydrogen (secondary N) is 1. The quantitative estimate of drug-likeness (QED) is 0.614. The number of carbonyl (C=O) groups is 1. The third kappa shape index (κ3) is 2.61. The first-order chi connectivity index (χ1) is 13.2. The molecule has 0 spiro atoms. The maximum atomic E-state index is 13.6. The molecule has 0 aromatic heterocycles. The fraction of sp³-hybridized carbons (Fsp3) is 0.174. The minimum Gasteiger partial charge on any atom is -0.324 e. The van der Waals surface area contributed by atoms with Crippen LogP contribution in [0.3, 0.4) is 0 Å². The number of para-hydroxylation sites is 1. The number of rotatable bonds is 2. The molecule has 0 fully saturated rings. The normalized spacial score (nSPS) is 15.2. The van der Waals surface area contributed by atoms with Gasteiger partial charge in [-0.3, -0.25) is 4.79 Å². The highest BCUT2D eigenvalue weighted by Gasteiger charge is 2.52. The van der Waals surface area contributed by atoms with Gasteiger partial charge in [-0.25, -0.2) is 0 Å². The molecular weight excluding hydrogens is 363 g/mol. The van der Waals surface area contributed by atoms with Gasteiger partial charge in [-0.15, -0.1) is 0 Å². The summed E-state index contributed by atoms with van der Waals surface area (Å²) in [6.07, 6.45) is -4.56. The Balaban J connectivity index is 2.08. The van der Waals surface area contributed by atoms with Gasteiger partial charge in [-0.2, -0.15) is 13.2 Å². The predicted octanol–water partition coefficient (Wildman–Crippen LogP) is 5.61. The largest absolute Gasteiger partial charge is 0.418 e. The van der Waals surface area contributed by atoms with Gasteiger partial charge < -0.3 is 5.32 Å². The summed E-state index contributed by atoms with van der Waals surface area (Å²) in [6.45, 7) is 3.85. The van der Waals surface area contributed by atoms with E-state index in [9.17, 15) is 18.0 Å². The van der Waals surface area contributed by atoms with Crippen molar-refractivity contribution in [2.24, 2.45) is 0 Å². The molecular formula is C23H18F3NO. The van der Waals surface area contributed by atoms with Crippen molar-refractivity contribution in [3.05, 3.63) is 100 Å². The second-order valence-corrected chi connectivity index (χ2v) is 7.16. The second kappa shape index (κ2) is 6.23. The van der Waals surface area contributed by atoms with Crippen molar-refractivity contribution in [1.82, 2.24) is 0 Å². The summed E-state index contributed by atoms with van der Waals surface area (Å²) in [5.41, 5.74) is 1.27. The molecule has 0 atom stereocenters. The Morgan fingerprint density at radius 1 is 0.786 bits per heavy atom. The van der Waals surface area contributed by atoms with Gasteiger partial charge in [0.2, 0.25) is 5.91 Å². The van der Waals surface area contributed by atoms with Crippen LogP contribution in [0.25, 0.3) is 0 Å². The average molecular weight is 381 g/mol. The third-order valence-corrected chi connectivity index (χ3v) is 5.32. The number of aryl methyl sites for hydroxylation is 2. The zero-order chi connectivity index (χ0) is 20.1. The van der Waals surface area contributed by atoms with Crippen molar-refractivity contribution in [2.75, 3.05) is 5.32 Å². The minimum atomic E-state index is -4.56. The molecule has 0 unspecified atom stereocenters. The van der Waals surface area contributed by atoms with E-state index in [-0.39, 0.29) is 5.69 Å². The van der Waals surface area contributed by atoms with E-state index < -0.39 is 23.1 Å². The van der Waals surface area contributed by atoms with Gasteiger partial charge >= 0.3 is 6.18 Å². The highest BCUT2D eigenvalue weighted by atomic mass is 19.4. The Bertz CT molecular complexity index is 1010. The first kappa shape index (κ1) is 18.3. The number of amides is 1. The van der Waals surface area contributed by atoms with Crippen LogP contribution in [0.5, 0.6) is 0 Å². The molecule has 0 radical (unpaired) electrons. The Hall–Kier alpha value is -3.08. The number of carbonyl (C=O) groups excluding carboxylic acids is 1. The molecule has 1 amide bonds. The SMILES string of the molecule is Cc1ccc(C2(c3ccc(C)cc3)C(=O)Nc3c(C(F)(F)F)cccc32)cc1. The third-order valence-electron chi connectivity index (χ3n) is 5.32. The maximum absolute atomic E-state index is 13.6. The van der Waals surface area contributed by atoms with E-state index in [0.29, 0.717) is 16.7 Å². The van der Waals surface area contributed by atoms with Crippen LogP contribution in [0.15, 0.2) is 66.7 Å². The number of hydrogen-bond acceptors (Lipinski definition) is 1. The minimum absolute atomic E-state index is 0.166. The summed E-state index contributed by atoms with van der Waals surface area (Å²) in [7, 11) is 0. The van der Waals surface area contributed by atoms with Crippen LogP contribution in [0.1, 0.15) is 33.4 Å². The smallest absolute Gasteiger partial charge is 0.324 e. The topological polar surface area (TPSA) is 29.1 Å². The first-order valence-corrected chi connectivity index (χ1v) is 8.91. The van der Waals surface area contributed by atoms with Crippen LogP contribution in [0.4, 0.5) is 18.9 Å². The van der Waals surface area contributed by atoms with Gasteiger partial charge in [0, 0.05) is 5.56 Å². The Morgan fingerprint density at radius 3 is 1.75 bits per heavy atom. The standard InChI is InChI=1S/C23H18F3NO/c1-14-6-10-16(11-7-14)22(17-12-8-15(2)9-13-17)18-4-3-5-19(23(24,25)26)20(18)27-21(22)28/h3-13H,1-2H3,(H,27,28). The summed E-state index contributed by atoms with van der Waals surface area (Å²) in [5.74, 6) is -0.480. The molecule has 1 N–H and O–H groups in total. The Labute approximate surface area is 161 Å². The van der Waals surface area contributed by atoms with Gasteiger partial charge in [0.25, 0.3) is 0 Å². The van der Waals surface area contributed by atoms with Crippen molar-refractivity contribution in [1.29, 1.82) is 0 Å². The molecule has 5 heteroatoms. The number of hydrogen-bond donors (Lipinski definition) is 1. The van der Waals surface area contributed by atoms with Gasteiger partial charge in [-0.05, 0) is 31.0 Å². The molecule has 0 aliphatic carbocycles. The summed E-state index contributed by atoms with van der Waals surface area (Å²) in [5, 5.41) is 2.53. The first-order valence-electron chi connectivity index (χ1n) is 8.91. The van der Waals surface area contributed by atoms with E-state index in [2.05, 4.69) is 5.32 Å². The molecule has 3 aromatic carbocycles. The molecule has 1 aliphatic rings. The van der Waals surface area contributed by atoms with Gasteiger partial charge in [0.05, 0.1) is 11.3 Å². The number of halogens is 3. The lowest BCUT2D eigenvalue weighted by Crippen LogP contribution is -2.37. The number of anilines is 1. The van der Waals surface area contributed by atoms with Crippen molar-refractivity contribution in [2.45, 2.75) is 25.4 Å². The Morgan fingerprint density at radius 2 is 1.29 bits per heavy atom. The van der Waals surface area contributed by atoms with E-state index in [0.717, 1.165) is 17.2 Å². The molecule has 0 saturated heterocycles. The average Bonchev–Trinajstić information content (AvgIpc) is 2.95. The van der Waals surface area contributed by atoms with E-state index in [1.807, 2.05) is 62.4 Å². The predicted molar refractivity (Wildman–Crippen MR) is 102 cm³/mol. The molecule has 3 aromatic rings. The number of alkyl halides is 3. The molecule has 1 heterocycles. The fourth-order valence-corrected chi connectivity index (χ4v) is 3.91. The van der Waals surface area contributed by atoms with E-state index in [4.69, 9.17) is 0 Å². The summed E-state index contributed by atoms with van der Waals surface area (Å²) in [6, 6.07) is 18.7. The lowest BCUT2D eigenvalue weighted by Gasteiger charge is -2.29. The summed E-state index contributed by atoms with van der Waals surface area (Å²) >= 11 is 0. The van der Waals surface area contributed by atoms with Gasteiger partial charge in [0.1, 0.15) is 5.41 Å². The van der Waals surface area contributed by atoms with Gasteiger partial charge in [-0.1, -0.05) is 71.8 Å². The van der Waals surface area contributed by atoms with Crippen LogP contribution in [-0.4, -0.2) is 5.91 Å². The molecule has 142 valence electrons. The van der Waals surface area contributed by atoms with Crippen LogP contribution >= 0.6 is 0 Å². The van der Waals surface area contributed by atoms with E-state index in [1.165, 1.54) is 6.07 Å². The fourth-order valence-electron chi connectivity index (χ4n) is 3.91. The molecule has 4 rings (SSSR count). The van der Waals surface area contributed by atoms with Crippen LogP contribution in [0, 0.1) is 13.8 Å². The van der Waals surface area contributed by atoms with Crippen LogP contribution in [-0.2, 0) is 16.4 Å². The summed E-state index contributed by atoms with van der Waals surface area (Å²) < 4.78 is 40.7. The van der Waals surface area contributed by atoms with E-state index in [1.54, 1.807) is 6.07 Å². The van der Waals surface area contributed by atoms with Crippen LogP contribution < -0.4 is 5.32 Å². The van der Waals surface area contributed by atoms with Gasteiger partial charge in [0.15, 0.2) is 0 Å². The van der Waals surface area contributed by atoms with Crippen molar-refractivity contribution in [3.8, 4) is 0 Å². The maximum Gasteiger partial charge on any atom is 0.418 e. The second-order valence-electron chi connectivity index (χ2n) is 7.16. The zero-order valence-electron chi connectivity index (χ0n) is 15.4. The molecule has 0 saturated carbocycles. The highest BCUT2D eigenvalue weighted by molar-refractivity contribution is 6.12. The van der Waals surface area contributed by atoms with E-state index >= 15 is 0 Å². The monoisotopic (exact) mass is 381 g/mol. The Kier molecular flexibility index (Phi) is 4.07. The van der Waals surface area contributed by atoms with Crippen molar-refractivity contribution < 1.29 is 18.0 Å². The number of benzene rings is 3. The van der Waals surface area contributed by atoms with Crippen molar-refractivity contribution >= 4 is 11.6 Å². The molecule has 2 nitrogen and oxygen atoms in total. The van der Waals surface area contributed by atoms with Crippen molar-refractivity contribution in [3.63, 3.8) is 0 Å². The summed E-state index contributed by atoms with van der Waals surface area (Å²) in [4.78, 5) is 13.3. The number of fused-ring (bicyclic) bond motifs is 1.